The third kappa shape index (κ3) is 4.13. The van der Waals surface area contributed by atoms with Crippen molar-refractivity contribution in [2.75, 3.05) is 18.8 Å². The summed E-state index contributed by atoms with van der Waals surface area (Å²) in [6.07, 6.45) is 1.83. The van der Waals surface area contributed by atoms with Gasteiger partial charge in [-0.25, -0.2) is 0 Å². The first-order valence-electron chi connectivity index (χ1n) is 6.48. The number of hydrogen-bond acceptors (Lipinski definition) is 3. The number of carbonyl (C=O) groups excluding carboxylic acids is 2. The lowest BCUT2D eigenvalue weighted by Crippen LogP contribution is -2.49. The number of likely N-dealkylation sites (tertiary alicyclic amines) is 1. The molecule has 6 heteroatoms. The summed E-state index contributed by atoms with van der Waals surface area (Å²) in [4.78, 5) is 25.2. The van der Waals surface area contributed by atoms with Gasteiger partial charge in [-0.2, -0.15) is 0 Å². The lowest BCUT2D eigenvalue weighted by atomic mass is 10.0. The summed E-state index contributed by atoms with van der Waals surface area (Å²) in [5.74, 6) is -0.0539. The minimum atomic E-state index is -0.0493. The molecule has 20 heavy (non-hydrogen) atoms. The Morgan fingerprint density at radius 3 is 2.55 bits per heavy atom. The first-order valence-corrected chi connectivity index (χ1v) is 6.48. The maximum atomic E-state index is 12.3. The monoisotopic (exact) mass is 297 g/mol. The number of nitrogens with two attached hydrogens (primary N) is 1. The van der Waals surface area contributed by atoms with Crippen LogP contribution in [-0.2, 0) is 4.79 Å². The lowest BCUT2D eigenvalue weighted by Gasteiger charge is -2.33. The van der Waals surface area contributed by atoms with Crippen molar-refractivity contribution in [1.29, 1.82) is 0 Å². The molecule has 0 aliphatic carbocycles. The molecule has 110 valence electrons. The summed E-state index contributed by atoms with van der Waals surface area (Å²) in [6.45, 7) is 2.81. The smallest absolute Gasteiger partial charge is 0.253 e. The molecule has 1 fully saturated rings. The van der Waals surface area contributed by atoms with E-state index in [4.69, 9.17) is 5.73 Å². The molecule has 1 saturated heterocycles. The zero-order valence-corrected chi connectivity index (χ0v) is 12.3. The SMILES string of the molecule is CC(=O)NC1CCCN(C(=O)c2ccc(N)cc2)C1.Cl. The number of anilines is 1. The average Bonchev–Trinajstić information content (AvgIpc) is 2.38. The minimum absolute atomic E-state index is 0. The van der Waals surface area contributed by atoms with Crippen molar-refractivity contribution in [2.45, 2.75) is 25.8 Å². The molecular formula is C14H20ClN3O2. The summed E-state index contributed by atoms with van der Waals surface area (Å²) < 4.78 is 0. The normalized spacial score (nSPS) is 18.1. The number of nitrogens with zero attached hydrogens (tertiary/aromatic N) is 1. The second-order valence-electron chi connectivity index (χ2n) is 4.91. The molecule has 1 heterocycles. The number of halogens is 1. The third-order valence-corrected chi connectivity index (χ3v) is 3.27. The predicted octanol–water partition coefficient (Wildman–Crippen LogP) is 1.43. The maximum absolute atomic E-state index is 12.3. The molecule has 5 nitrogen and oxygen atoms in total. The van der Waals surface area contributed by atoms with Crippen molar-refractivity contribution in [1.82, 2.24) is 10.2 Å². The fourth-order valence-corrected chi connectivity index (χ4v) is 2.38. The van der Waals surface area contributed by atoms with Gasteiger partial charge in [-0.15, -0.1) is 12.4 Å². The molecule has 0 aromatic heterocycles. The van der Waals surface area contributed by atoms with Crippen LogP contribution in [0.5, 0.6) is 0 Å². The van der Waals surface area contributed by atoms with E-state index in [1.807, 2.05) is 0 Å². The second kappa shape index (κ2) is 7.14. The summed E-state index contributed by atoms with van der Waals surface area (Å²) >= 11 is 0. The number of nitrogen functional groups attached to an aromatic ring is 1. The number of carbonyl (C=O) groups is 2. The van der Waals surface area contributed by atoms with Crippen molar-refractivity contribution in [3.63, 3.8) is 0 Å². The molecule has 2 rings (SSSR count). The van der Waals surface area contributed by atoms with Gasteiger partial charge in [0.15, 0.2) is 0 Å². The summed E-state index contributed by atoms with van der Waals surface area (Å²) in [5.41, 5.74) is 6.89. The highest BCUT2D eigenvalue weighted by molar-refractivity contribution is 5.94. The Morgan fingerprint density at radius 1 is 1.30 bits per heavy atom. The van der Waals surface area contributed by atoms with Crippen LogP contribution in [0, 0.1) is 0 Å². The van der Waals surface area contributed by atoms with Gasteiger partial charge in [0.05, 0.1) is 0 Å². The molecule has 3 N–H and O–H groups in total. The topological polar surface area (TPSA) is 75.4 Å². The van der Waals surface area contributed by atoms with Crippen LogP contribution >= 0.6 is 12.4 Å². The maximum Gasteiger partial charge on any atom is 0.253 e. The number of nitrogens with one attached hydrogen (secondary N) is 1. The van der Waals surface area contributed by atoms with Crippen LogP contribution in [0.2, 0.25) is 0 Å². The van der Waals surface area contributed by atoms with E-state index < -0.39 is 0 Å². The fraction of sp³-hybridized carbons (Fsp3) is 0.429. The van der Waals surface area contributed by atoms with Gasteiger partial charge < -0.3 is 16.0 Å². The molecule has 1 atom stereocenters. The molecule has 1 unspecified atom stereocenters. The Morgan fingerprint density at radius 2 is 1.95 bits per heavy atom. The van der Waals surface area contributed by atoms with Gasteiger partial charge in [-0.05, 0) is 37.1 Å². The number of piperidine rings is 1. The third-order valence-electron chi connectivity index (χ3n) is 3.27. The molecule has 0 spiro atoms. The number of amides is 2. The fourth-order valence-electron chi connectivity index (χ4n) is 2.38. The summed E-state index contributed by atoms with van der Waals surface area (Å²) in [6, 6.07) is 6.98. The van der Waals surface area contributed by atoms with Gasteiger partial charge >= 0.3 is 0 Å². The van der Waals surface area contributed by atoms with E-state index in [9.17, 15) is 9.59 Å². The Balaban J connectivity index is 0.00000200. The zero-order valence-electron chi connectivity index (χ0n) is 11.5. The Hall–Kier alpha value is -1.75. The van der Waals surface area contributed by atoms with Crippen LogP contribution in [0.3, 0.4) is 0 Å². The molecule has 0 radical (unpaired) electrons. The highest BCUT2D eigenvalue weighted by Gasteiger charge is 2.24. The van der Waals surface area contributed by atoms with E-state index in [0.29, 0.717) is 17.8 Å². The zero-order chi connectivity index (χ0) is 13.8. The first kappa shape index (κ1) is 16.3. The van der Waals surface area contributed by atoms with Gasteiger partial charge in [0, 0.05) is 37.3 Å². The standard InChI is InChI=1S/C14H19N3O2.ClH/c1-10(18)16-13-3-2-8-17(9-13)14(19)11-4-6-12(15)7-5-11;/h4-7,13H,2-3,8-9,15H2,1H3,(H,16,18);1H. The number of benzene rings is 1. The molecule has 0 bridgehead atoms. The van der Waals surface area contributed by atoms with Crippen LogP contribution in [0.4, 0.5) is 5.69 Å². The second-order valence-corrected chi connectivity index (χ2v) is 4.91. The molecule has 2 amide bonds. The van der Waals surface area contributed by atoms with Gasteiger partial charge in [0.2, 0.25) is 5.91 Å². The molecule has 1 aromatic rings. The Labute approximate surface area is 124 Å². The average molecular weight is 298 g/mol. The van der Waals surface area contributed by atoms with E-state index in [0.717, 1.165) is 19.4 Å². The highest BCUT2D eigenvalue weighted by atomic mass is 35.5. The molecular weight excluding hydrogens is 278 g/mol. The first-order chi connectivity index (χ1) is 9.06. The quantitative estimate of drug-likeness (QED) is 0.811. The van der Waals surface area contributed by atoms with Crippen molar-refractivity contribution in [2.24, 2.45) is 0 Å². The van der Waals surface area contributed by atoms with Crippen LogP contribution in [-0.4, -0.2) is 35.8 Å². The Kier molecular flexibility index (Phi) is 5.82. The van der Waals surface area contributed by atoms with Gasteiger partial charge in [0.25, 0.3) is 5.91 Å². The van der Waals surface area contributed by atoms with Gasteiger partial charge in [0.1, 0.15) is 0 Å². The van der Waals surface area contributed by atoms with Crippen LogP contribution in [0.25, 0.3) is 0 Å². The number of hydrogen-bond donors (Lipinski definition) is 2. The van der Waals surface area contributed by atoms with Crippen LogP contribution in [0.1, 0.15) is 30.1 Å². The predicted molar refractivity (Wildman–Crippen MR) is 80.8 cm³/mol. The van der Waals surface area contributed by atoms with E-state index in [1.165, 1.54) is 6.92 Å². The van der Waals surface area contributed by atoms with Crippen molar-refractivity contribution < 1.29 is 9.59 Å². The Bertz CT molecular complexity index is 476. The minimum Gasteiger partial charge on any atom is -0.399 e. The van der Waals surface area contributed by atoms with Crippen LogP contribution in [0.15, 0.2) is 24.3 Å². The van der Waals surface area contributed by atoms with Gasteiger partial charge in [-0.1, -0.05) is 0 Å². The van der Waals surface area contributed by atoms with E-state index in [-0.39, 0.29) is 30.3 Å². The molecule has 1 aliphatic rings. The van der Waals surface area contributed by atoms with E-state index in [1.54, 1.807) is 29.2 Å². The van der Waals surface area contributed by atoms with Gasteiger partial charge in [-0.3, -0.25) is 9.59 Å². The van der Waals surface area contributed by atoms with Crippen LogP contribution < -0.4 is 11.1 Å². The summed E-state index contributed by atoms with van der Waals surface area (Å²) in [7, 11) is 0. The highest BCUT2D eigenvalue weighted by Crippen LogP contribution is 2.15. The van der Waals surface area contributed by atoms with E-state index >= 15 is 0 Å². The molecule has 0 saturated carbocycles. The van der Waals surface area contributed by atoms with E-state index in [2.05, 4.69) is 5.32 Å². The van der Waals surface area contributed by atoms with Crippen molar-refractivity contribution in [3.8, 4) is 0 Å². The number of rotatable bonds is 2. The summed E-state index contributed by atoms with van der Waals surface area (Å²) in [5, 5.41) is 2.87. The molecule has 1 aromatic carbocycles. The lowest BCUT2D eigenvalue weighted by molar-refractivity contribution is -0.120. The van der Waals surface area contributed by atoms with Crippen molar-refractivity contribution in [3.05, 3.63) is 29.8 Å². The largest absolute Gasteiger partial charge is 0.399 e. The van der Waals surface area contributed by atoms with Crippen molar-refractivity contribution >= 4 is 29.9 Å². The molecule has 1 aliphatic heterocycles.